The van der Waals surface area contributed by atoms with Crippen LogP contribution in [-0.2, 0) is 25.0 Å². The number of aromatic nitrogens is 5. The number of anilines is 2. The third-order valence-corrected chi connectivity index (χ3v) is 9.00. The lowest BCUT2D eigenvalue weighted by Crippen LogP contribution is -2.48. The molecular formula is C31H35N7O3. The number of hydrogen-bond acceptors (Lipinski definition) is 8. The summed E-state index contributed by atoms with van der Waals surface area (Å²) in [6.45, 7) is 8.07. The average molecular weight is 554 g/mol. The first kappa shape index (κ1) is 25.9. The first-order valence-electron chi connectivity index (χ1n) is 14.5. The zero-order chi connectivity index (χ0) is 28.2. The van der Waals surface area contributed by atoms with E-state index >= 15 is 0 Å². The van der Waals surface area contributed by atoms with Crippen molar-refractivity contribution >= 4 is 22.7 Å². The van der Waals surface area contributed by atoms with Crippen LogP contribution < -0.4 is 20.9 Å². The standard InChI is InChI=1S/C31H35N7O3/c1-3-17-37-28(39)23-19-33-29(34-22-6-7-24-21(18-22)9-11-30(41-24)13-15-32-16-14-30)36-27(23)38(37)25-8-5-20-10-12-31(40,4-2)26(20)35-25/h3,5-8,18-19,32,40H,1,4,9-17H2,2H3,(H,33,34,36)/t31-/m1/s1. The number of nitrogens with zero attached hydrogens (tertiary/aromatic N) is 5. The molecule has 7 rings (SSSR count). The topological polar surface area (TPSA) is 119 Å². The van der Waals surface area contributed by atoms with E-state index < -0.39 is 5.60 Å². The van der Waals surface area contributed by atoms with Crippen LogP contribution in [-0.4, -0.2) is 48.1 Å². The van der Waals surface area contributed by atoms with Gasteiger partial charge in [0.05, 0.1) is 12.2 Å². The van der Waals surface area contributed by atoms with Crippen LogP contribution >= 0.6 is 0 Å². The Balaban J connectivity index is 1.25. The molecule has 1 fully saturated rings. The first-order chi connectivity index (χ1) is 19.9. The lowest BCUT2D eigenvalue weighted by molar-refractivity contribution is 0.0170. The van der Waals surface area contributed by atoms with Crippen molar-refractivity contribution in [3.8, 4) is 11.6 Å². The van der Waals surface area contributed by atoms with Gasteiger partial charge in [-0.3, -0.25) is 4.79 Å². The highest BCUT2D eigenvalue weighted by Crippen LogP contribution is 2.40. The molecule has 10 nitrogen and oxygen atoms in total. The monoisotopic (exact) mass is 553 g/mol. The van der Waals surface area contributed by atoms with Crippen molar-refractivity contribution in [1.82, 2.24) is 29.6 Å². The van der Waals surface area contributed by atoms with Crippen molar-refractivity contribution in [2.75, 3.05) is 18.4 Å². The minimum Gasteiger partial charge on any atom is -0.487 e. The van der Waals surface area contributed by atoms with Crippen molar-refractivity contribution in [3.05, 3.63) is 76.4 Å². The maximum Gasteiger partial charge on any atom is 0.278 e. The summed E-state index contributed by atoms with van der Waals surface area (Å²) in [6.07, 6.45) is 9.25. The van der Waals surface area contributed by atoms with Crippen LogP contribution in [0.1, 0.15) is 55.8 Å². The fourth-order valence-electron chi connectivity index (χ4n) is 6.58. The summed E-state index contributed by atoms with van der Waals surface area (Å²) in [4.78, 5) is 27.5. The highest BCUT2D eigenvalue weighted by atomic mass is 16.5. The summed E-state index contributed by atoms with van der Waals surface area (Å²) in [5, 5.41) is 18.3. The second-order valence-electron chi connectivity index (χ2n) is 11.5. The molecule has 1 saturated heterocycles. The van der Waals surface area contributed by atoms with Gasteiger partial charge >= 0.3 is 0 Å². The molecular weight excluding hydrogens is 518 g/mol. The predicted molar refractivity (Wildman–Crippen MR) is 157 cm³/mol. The number of benzene rings is 1. The maximum atomic E-state index is 13.4. The third kappa shape index (κ3) is 4.33. The first-order valence-corrected chi connectivity index (χ1v) is 14.5. The van der Waals surface area contributed by atoms with Gasteiger partial charge in [0.2, 0.25) is 5.95 Å². The van der Waals surface area contributed by atoms with Crippen LogP contribution in [0, 0.1) is 0 Å². The van der Waals surface area contributed by atoms with E-state index in [1.54, 1.807) is 21.6 Å². The Kier molecular flexibility index (Phi) is 6.20. The molecule has 3 aliphatic rings. The van der Waals surface area contributed by atoms with Crippen molar-refractivity contribution in [2.45, 2.75) is 69.6 Å². The van der Waals surface area contributed by atoms with E-state index in [1.165, 1.54) is 5.56 Å². The Hall–Kier alpha value is -4.02. The quantitative estimate of drug-likeness (QED) is 0.308. The Morgan fingerprint density at radius 2 is 1.95 bits per heavy atom. The van der Waals surface area contributed by atoms with Gasteiger partial charge < -0.3 is 20.5 Å². The largest absolute Gasteiger partial charge is 0.487 e. The number of pyridine rings is 1. The molecule has 5 heterocycles. The molecule has 1 spiro atoms. The normalized spacial score (nSPS) is 20.9. The minimum absolute atomic E-state index is 0.0536. The Bertz CT molecular complexity index is 1720. The zero-order valence-corrected chi connectivity index (χ0v) is 23.3. The van der Waals surface area contributed by atoms with Crippen LogP contribution in [0.2, 0.25) is 0 Å². The van der Waals surface area contributed by atoms with Gasteiger partial charge in [-0.15, -0.1) is 6.58 Å². The van der Waals surface area contributed by atoms with Gasteiger partial charge in [-0.25, -0.2) is 19.3 Å². The van der Waals surface area contributed by atoms with Crippen LogP contribution in [0.5, 0.6) is 5.75 Å². The number of piperidine rings is 1. The molecule has 0 unspecified atom stereocenters. The van der Waals surface area contributed by atoms with Crippen molar-refractivity contribution in [1.29, 1.82) is 0 Å². The summed E-state index contributed by atoms with van der Waals surface area (Å²) in [5.74, 6) is 1.85. The number of aliphatic hydroxyl groups is 1. The molecule has 41 heavy (non-hydrogen) atoms. The van der Waals surface area contributed by atoms with E-state index in [1.807, 2.05) is 31.2 Å². The lowest BCUT2D eigenvalue weighted by Gasteiger charge is -2.41. The maximum absolute atomic E-state index is 13.4. The Labute approximate surface area is 238 Å². The number of ether oxygens (including phenoxy) is 1. The molecule has 3 aromatic heterocycles. The molecule has 4 aromatic rings. The fraction of sp³-hybridized carbons (Fsp3) is 0.419. The van der Waals surface area contributed by atoms with Gasteiger partial charge in [-0.05, 0) is 93.4 Å². The van der Waals surface area contributed by atoms with Gasteiger partial charge in [0, 0.05) is 11.9 Å². The molecule has 2 aliphatic heterocycles. The summed E-state index contributed by atoms with van der Waals surface area (Å²) in [7, 11) is 0. The minimum atomic E-state index is -0.969. The smallest absolute Gasteiger partial charge is 0.278 e. The molecule has 0 amide bonds. The second-order valence-corrected chi connectivity index (χ2v) is 11.5. The third-order valence-electron chi connectivity index (χ3n) is 9.00. The van der Waals surface area contributed by atoms with Crippen LogP contribution in [0.4, 0.5) is 11.6 Å². The number of nitrogens with one attached hydrogen (secondary N) is 2. The molecule has 0 bridgehead atoms. The molecule has 1 atom stereocenters. The summed E-state index contributed by atoms with van der Waals surface area (Å²) in [5.41, 5.74) is 2.92. The summed E-state index contributed by atoms with van der Waals surface area (Å²) < 4.78 is 9.77. The molecule has 212 valence electrons. The fourth-order valence-corrected chi connectivity index (χ4v) is 6.58. The van der Waals surface area contributed by atoms with E-state index in [-0.39, 0.29) is 17.7 Å². The molecule has 3 N–H and O–H groups in total. The van der Waals surface area contributed by atoms with E-state index in [4.69, 9.17) is 14.7 Å². The van der Waals surface area contributed by atoms with Gasteiger partial charge in [0.25, 0.3) is 5.56 Å². The Morgan fingerprint density at radius 1 is 1.12 bits per heavy atom. The zero-order valence-electron chi connectivity index (χ0n) is 23.3. The van der Waals surface area contributed by atoms with Gasteiger partial charge in [0.1, 0.15) is 22.3 Å². The molecule has 1 aliphatic carbocycles. The van der Waals surface area contributed by atoms with E-state index in [0.29, 0.717) is 41.3 Å². The summed E-state index contributed by atoms with van der Waals surface area (Å²) >= 11 is 0. The number of allylic oxidation sites excluding steroid dienone is 1. The lowest BCUT2D eigenvalue weighted by atomic mass is 9.83. The van der Waals surface area contributed by atoms with Crippen molar-refractivity contribution in [2.24, 2.45) is 0 Å². The second kappa shape index (κ2) is 9.81. The number of hydrogen-bond donors (Lipinski definition) is 3. The van der Waals surface area contributed by atoms with Crippen LogP contribution in [0.25, 0.3) is 16.9 Å². The average Bonchev–Trinajstić information content (AvgIpc) is 3.47. The SMILES string of the molecule is C=CCn1c(=O)c2cnc(Nc3ccc4c(c3)CCC3(CCNCC3)O4)nc2n1-c1ccc2c(n1)[C@@](O)(CC)CC2. The number of rotatable bonds is 6. The van der Waals surface area contributed by atoms with Gasteiger partial charge in [0.15, 0.2) is 11.5 Å². The van der Waals surface area contributed by atoms with Gasteiger partial charge in [-0.2, -0.15) is 4.98 Å². The van der Waals surface area contributed by atoms with Crippen molar-refractivity contribution < 1.29 is 9.84 Å². The number of aryl methyl sites for hydroxylation is 2. The Morgan fingerprint density at radius 3 is 2.76 bits per heavy atom. The highest BCUT2D eigenvalue weighted by Gasteiger charge is 2.38. The van der Waals surface area contributed by atoms with Crippen LogP contribution in [0.15, 0.2) is 54.0 Å². The molecule has 0 radical (unpaired) electrons. The molecule has 0 saturated carbocycles. The highest BCUT2D eigenvalue weighted by molar-refractivity contribution is 5.77. The van der Waals surface area contributed by atoms with Gasteiger partial charge in [-0.1, -0.05) is 19.1 Å². The van der Waals surface area contributed by atoms with Crippen molar-refractivity contribution in [3.63, 3.8) is 0 Å². The number of fused-ring (bicyclic) bond motifs is 3. The van der Waals surface area contributed by atoms with Crippen LogP contribution in [0.3, 0.4) is 0 Å². The van der Waals surface area contributed by atoms with E-state index in [9.17, 15) is 9.90 Å². The summed E-state index contributed by atoms with van der Waals surface area (Å²) in [6, 6.07) is 9.98. The predicted octanol–water partition coefficient (Wildman–Crippen LogP) is 3.90. The van der Waals surface area contributed by atoms with E-state index in [0.717, 1.165) is 62.2 Å². The van der Waals surface area contributed by atoms with E-state index in [2.05, 4.69) is 28.3 Å². The molecule has 1 aromatic carbocycles. The molecule has 10 heteroatoms.